The summed E-state index contributed by atoms with van der Waals surface area (Å²) in [7, 11) is 13.7. The van der Waals surface area contributed by atoms with E-state index in [9.17, 15) is 15.0 Å². The molecule has 12 unspecified atom stereocenters. The van der Waals surface area contributed by atoms with Crippen LogP contribution in [0.4, 0.5) is 0 Å². The average molecular weight is 556 g/mol. The highest BCUT2D eigenvalue weighted by atomic mass is 33.1. The maximum Gasteiger partial charge on any atom is 0.138 e. The van der Waals surface area contributed by atoms with E-state index in [0.29, 0.717) is 12.8 Å². The topological polar surface area (TPSA) is 66.8 Å². The van der Waals surface area contributed by atoms with Crippen molar-refractivity contribution in [1.82, 2.24) is 0 Å². The summed E-state index contributed by atoms with van der Waals surface area (Å²) in [5.41, 5.74) is 1.38. The van der Waals surface area contributed by atoms with E-state index in [1.54, 1.807) is 0 Å². The second-order valence-electron chi connectivity index (χ2n) is 8.07. The molecular formula is C15H33O4P9. The molecule has 1 fully saturated rings. The molecule has 2 aliphatic rings. The molecule has 13 heteroatoms. The lowest BCUT2D eigenvalue weighted by molar-refractivity contribution is -0.131. The molecule has 162 valence electrons. The van der Waals surface area contributed by atoms with Gasteiger partial charge in [0, 0.05) is 19.3 Å². The summed E-state index contributed by atoms with van der Waals surface area (Å²) in [6, 6.07) is 0. The SMILES string of the molecule is CC1=C2C(O)C(OP(P(P)P)P(P)P(P)P)C(C)C(=O)CC(CC1O)C2(C)C. The Morgan fingerprint density at radius 3 is 2.18 bits per heavy atom. The summed E-state index contributed by atoms with van der Waals surface area (Å²) in [5, 5.41) is 22.1. The molecule has 0 aromatic carbocycles. The van der Waals surface area contributed by atoms with Crippen LogP contribution in [0.25, 0.3) is 0 Å². The van der Waals surface area contributed by atoms with E-state index in [4.69, 9.17) is 4.52 Å². The molecule has 0 spiro atoms. The molecule has 12 atom stereocenters. The predicted molar refractivity (Wildman–Crippen MR) is 146 cm³/mol. The number of aliphatic hydroxyl groups excluding tert-OH is 2. The quantitative estimate of drug-likeness (QED) is 0.296. The zero-order valence-electron chi connectivity index (χ0n) is 16.7. The molecule has 2 N–H and O–H groups in total. The molecular weight excluding hydrogens is 523 g/mol. The van der Waals surface area contributed by atoms with E-state index in [-0.39, 0.29) is 30.0 Å². The number of carbonyl (C=O) groups is 1. The van der Waals surface area contributed by atoms with E-state index in [0.717, 1.165) is 11.1 Å². The summed E-state index contributed by atoms with van der Waals surface area (Å²) < 4.78 is 6.64. The van der Waals surface area contributed by atoms with Crippen LogP contribution in [-0.4, -0.2) is 34.3 Å². The van der Waals surface area contributed by atoms with Crippen molar-refractivity contribution in [2.45, 2.75) is 58.8 Å². The number of ketones is 1. The van der Waals surface area contributed by atoms with Crippen LogP contribution < -0.4 is 0 Å². The summed E-state index contributed by atoms with van der Waals surface area (Å²) in [6.07, 6.45) is -1.04. The minimum Gasteiger partial charge on any atom is -0.389 e. The predicted octanol–water partition coefficient (Wildman–Crippen LogP) is 6.60. The number of aliphatic hydroxyl groups is 2. The Labute approximate surface area is 185 Å². The summed E-state index contributed by atoms with van der Waals surface area (Å²) >= 11 is 0. The van der Waals surface area contributed by atoms with Crippen molar-refractivity contribution in [3.05, 3.63) is 11.1 Å². The van der Waals surface area contributed by atoms with Gasteiger partial charge >= 0.3 is 0 Å². The molecule has 0 amide bonds. The van der Waals surface area contributed by atoms with Crippen molar-refractivity contribution in [2.24, 2.45) is 17.3 Å². The lowest BCUT2D eigenvalue weighted by Gasteiger charge is -2.49. The maximum absolute atomic E-state index is 13.1. The number of hydrogen-bond donors (Lipinski definition) is 2. The second-order valence-corrected chi connectivity index (χ2v) is 40.0. The van der Waals surface area contributed by atoms with Gasteiger partial charge in [-0.15, -0.1) is 35.7 Å². The van der Waals surface area contributed by atoms with E-state index in [2.05, 4.69) is 58.5 Å². The Kier molecular flexibility index (Phi) is 10.8. The van der Waals surface area contributed by atoms with Gasteiger partial charge in [0.05, 0.1) is 13.6 Å². The van der Waals surface area contributed by atoms with Crippen LogP contribution in [0.1, 0.15) is 40.5 Å². The molecule has 2 aliphatic carbocycles. The highest BCUT2D eigenvalue weighted by molar-refractivity contribution is 9.07. The van der Waals surface area contributed by atoms with Gasteiger partial charge in [0.2, 0.25) is 0 Å². The molecule has 2 bridgehead atoms. The van der Waals surface area contributed by atoms with Crippen molar-refractivity contribution in [2.75, 3.05) is 0 Å². The zero-order chi connectivity index (χ0) is 21.5. The van der Waals surface area contributed by atoms with E-state index < -0.39 is 39.8 Å². The number of hydrogen-bond acceptors (Lipinski definition) is 4. The summed E-state index contributed by atoms with van der Waals surface area (Å²) in [4.78, 5) is 13.1. The largest absolute Gasteiger partial charge is 0.389 e. The molecule has 0 aromatic rings. The first-order valence-corrected chi connectivity index (χ1v) is 24.5. The number of fused-ring (bicyclic) bond motifs is 2. The fourth-order valence-corrected chi connectivity index (χ4v) is 48.2. The molecule has 0 radical (unpaired) electrons. The Hall–Kier alpha value is 3.16. The summed E-state index contributed by atoms with van der Waals surface area (Å²) in [5.74, 6) is -0.193. The van der Waals surface area contributed by atoms with Crippen LogP contribution in [0, 0.1) is 17.3 Å². The first-order chi connectivity index (χ1) is 12.8. The smallest absolute Gasteiger partial charge is 0.138 e. The van der Waals surface area contributed by atoms with Crippen molar-refractivity contribution in [3.8, 4) is 0 Å². The zero-order valence-corrected chi connectivity index (χ0v) is 26.0. The van der Waals surface area contributed by atoms with Crippen molar-refractivity contribution < 1.29 is 19.5 Å². The van der Waals surface area contributed by atoms with Crippen LogP contribution in [0.2, 0.25) is 0 Å². The Bertz CT molecular complexity index is 627. The third-order valence-electron chi connectivity index (χ3n) is 6.03. The second kappa shape index (κ2) is 11.1. The molecule has 2 rings (SSSR count). The van der Waals surface area contributed by atoms with Crippen molar-refractivity contribution in [1.29, 1.82) is 0 Å². The van der Waals surface area contributed by atoms with Gasteiger partial charge in [-0.3, -0.25) is 4.79 Å². The molecule has 0 aliphatic heterocycles. The van der Waals surface area contributed by atoms with E-state index >= 15 is 0 Å². The Balaban J connectivity index is 2.50. The van der Waals surface area contributed by atoms with Crippen LogP contribution >= 0.6 is 73.1 Å². The highest BCUT2D eigenvalue weighted by Gasteiger charge is 2.50. The normalized spacial score (nSPS) is 35.8. The molecule has 4 nitrogen and oxygen atoms in total. The number of carbonyl (C=O) groups excluding carboxylic acids is 1. The van der Waals surface area contributed by atoms with Gasteiger partial charge in [-0.25, -0.2) is 0 Å². The van der Waals surface area contributed by atoms with Gasteiger partial charge in [0.15, 0.2) is 0 Å². The number of rotatable bonds is 5. The van der Waals surface area contributed by atoms with Gasteiger partial charge in [-0.05, 0) is 49.8 Å². The van der Waals surface area contributed by atoms with Crippen molar-refractivity contribution >= 4 is 78.9 Å². The maximum atomic E-state index is 13.1. The van der Waals surface area contributed by atoms with Crippen LogP contribution in [-0.2, 0) is 9.32 Å². The first kappa shape index (κ1) is 27.4. The summed E-state index contributed by atoms with van der Waals surface area (Å²) in [6.45, 7) is 6.74. The third kappa shape index (κ3) is 5.80. The molecule has 0 heterocycles. The standard InChI is InChI=1S/C15H33O4P9/c1-7-10(16)5-9-6-11(17)8(2)14(13(18)12(7)15(9,3)4)19-25(26(20)21)28(24)27(22)23/h8-10,13-14,16,18H,5-6,20-24H2,1-4H3. The van der Waals surface area contributed by atoms with Gasteiger partial charge in [-0.1, -0.05) is 29.7 Å². The Morgan fingerprint density at radius 1 is 1.11 bits per heavy atom. The minimum absolute atomic E-state index is 0.0413. The van der Waals surface area contributed by atoms with Crippen molar-refractivity contribution in [3.63, 3.8) is 0 Å². The van der Waals surface area contributed by atoms with Crippen LogP contribution in [0.5, 0.6) is 0 Å². The third-order valence-corrected chi connectivity index (χ3v) is 46.2. The monoisotopic (exact) mass is 556 g/mol. The average Bonchev–Trinajstić information content (AvgIpc) is 2.58. The Morgan fingerprint density at radius 2 is 1.68 bits per heavy atom. The van der Waals surface area contributed by atoms with Gasteiger partial charge in [0.1, 0.15) is 18.0 Å². The van der Waals surface area contributed by atoms with Gasteiger partial charge in [-0.2, -0.15) is 0 Å². The highest BCUT2D eigenvalue weighted by Crippen LogP contribution is 3.06. The lowest BCUT2D eigenvalue weighted by Crippen LogP contribution is -2.50. The molecule has 1 saturated carbocycles. The van der Waals surface area contributed by atoms with Crippen LogP contribution in [0.3, 0.4) is 0 Å². The van der Waals surface area contributed by atoms with E-state index in [1.807, 2.05) is 13.8 Å². The minimum atomic E-state index is -0.879. The molecule has 0 saturated heterocycles. The molecule has 0 aromatic heterocycles. The molecule has 28 heavy (non-hydrogen) atoms. The number of Topliss-reactive ketones (excluding diaryl/α,β-unsaturated/α-hetero) is 1. The lowest BCUT2D eigenvalue weighted by atomic mass is 9.59. The van der Waals surface area contributed by atoms with Gasteiger partial charge in [0.25, 0.3) is 0 Å². The fraction of sp³-hybridized carbons (Fsp3) is 0.800. The van der Waals surface area contributed by atoms with Gasteiger partial charge < -0.3 is 14.7 Å². The fourth-order valence-electron chi connectivity index (χ4n) is 4.21. The van der Waals surface area contributed by atoms with E-state index in [1.165, 1.54) is 0 Å². The first-order valence-electron chi connectivity index (χ1n) is 9.01. The van der Waals surface area contributed by atoms with Crippen LogP contribution in [0.15, 0.2) is 11.1 Å².